The van der Waals surface area contributed by atoms with E-state index in [0.717, 1.165) is 11.3 Å². The van der Waals surface area contributed by atoms with E-state index >= 15 is 0 Å². The van der Waals surface area contributed by atoms with Crippen molar-refractivity contribution in [2.75, 3.05) is 6.54 Å². The zero-order chi connectivity index (χ0) is 7.56. The second-order valence-corrected chi connectivity index (χ2v) is 2.17. The van der Waals surface area contributed by atoms with E-state index in [2.05, 4.69) is 4.89 Å². The second-order valence-electron chi connectivity index (χ2n) is 2.17. The summed E-state index contributed by atoms with van der Waals surface area (Å²) in [6.45, 7) is 0.445. The van der Waals surface area contributed by atoms with Crippen molar-refractivity contribution in [2.45, 2.75) is 19.1 Å². The van der Waals surface area contributed by atoms with Crippen molar-refractivity contribution in [1.82, 2.24) is 4.90 Å². The summed E-state index contributed by atoms with van der Waals surface area (Å²) in [6, 6.07) is 0. The lowest BCUT2D eigenvalue weighted by Gasteiger charge is -2.16. The van der Waals surface area contributed by atoms with Crippen LogP contribution in [0.2, 0.25) is 0 Å². The molecule has 1 heterocycles. The third-order valence-electron chi connectivity index (χ3n) is 1.53. The molecule has 5 heteroatoms. The summed E-state index contributed by atoms with van der Waals surface area (Å²) in [4.78, 5) is 15.0. The van der Waals surface area contributed by atoms with Crippen molar-refractivity contribution in [3.63, 3.8) is 0 Å². The van der Waals surface area contributed by atoms with Gasteiger partial charge >= 0.3 is 6.09 Å². The van der Waals surface area contributed by atoms with Crippen LogP contribution in [0.25, 0.3) is 0 Å². The Morgan fingerprint density at radius 3 is 2.80 bits per heavy atom. The quantitative estimate of drug-likeness (QED) is 0.374. The monoisotopic (exact) mass is 147 g/mol. The van der Waals surface area contributed by atoms with Crippen LogP contribution in [-0.4, -0.2) is 34.1 Å². The molecule has 1 aliphatic rings. The van der Waals surface area contributed by atoms with E-state index in [9.17, 15) is 4.79 Å². The molecule has 0 saturated carbocycles. The Bertz CT molecular complexity index is 138. The van der Waals surface area contributed by atoms with E-state index in [1.54, 1.807) is 0 Å². The fourth-order valence-electron chi connectivity index (χ4n) is 1.01. The molecule has 0 aromatic rings. The third kappa shape index (κ3) is 1.19. The van der Waals surface area contributed by atoms with E-state index < -0.39 is 12.3 Å². The van der Waals surface area contributed by atoms with Crippen LogP contribution in [0.4, 0.5) is 4.79 Å². The van der Waals surface area contributed by atoms with Crippen molar-refractivity contribution < 1.29 is 20.0 Å². The normalized spacial score (nSPS) is 25.0. The molecule has 58 valence electrons. The standard InChI is InChI=1S/C5H9NO4/c7-4-2-1-3-6(4)5(8)10-9/h4,7,9H,1-3H2. The zero-order valence-electron chi connectivity index (χ0n) is 5.36. The van der Waals surface area contributed by atoms with E-state index in [4.69, 9.17) is 10.4 Å². The predicted octanol–water partition coefficient (Wildman–Crippen LogP) is 0.0102. The van der Waals surface area contributed by atoms with Gasteiger partial charge in [-0.05, 0) is 12.8 Å². The topological polar surface area (TPSA) is 70.0 Å². The first-order valence-corrected chi connectivity index (χ1v) is 3.06. The number of aliphatic hydroxyl groups excluding tert-OH is 1. The summed E-state index contributed by atoms with van der Waals surface area (Å²) < 4.78 is 0. The molecule has 2 N–H and O–H groups in total. The van der Waals surface area contributed by atoms with Gasteiger partial charge in [-0.3, -0.25) is 9.79 Å². The third-order valence-corrected chi connectivity index (χ3v) is 1.53. The highest BCUT2D eigenvalue weighted by Gasteiger charge is 2.27. The van der Waals surface area contributed by atoms with Crippen LogP contribution in [0.15, 0.2) is 0 Å². The first kappa shape index (κ1) is 7.30. The summed E-state index contributed by atoms with van der Waals surface area (Å²) in [6.07, 6.45) is -0.379. The minimum Gasteiger partial charge on any atom is -0.373 e. The number of rotatable bonds is 0. The van der Waals surface area contributed by atoms with Crippen molar-refractivity contribution in [3.8, 4) is 0 Å². The Morgan fingerprint density at radius 2 is 2.40 bits per heavy atom. The number of carbonyl (C=O) groups is 1. The summed E-state index contributed by atoms with van der Waals surface area (Å²) in [5.41, 5.74) is 0. The summed E-state index contributed by atoms with van der Waals surface area (Å²) >= 11 is 0. The molecule has 0 spiro atoms. The molecule has 1 amide bonds. The maximum absolute atomic E-state index is 10.5. The molecule has 1 atom stereocenters. The fourth-order valence-corrected chi connectivity index (χ4v) is 1.01. The van der Waals surface area contributed by atoms with E-state index in [0.29, 0.717) is 13.0 Å². The molecule has 1 fully saturated rings. The smallest absolute Gasteiger partial charge is 0.373 e. The van der Waals surface area contributed by atoms with Gasteiger partial charge in [-0.15, -0.1) is 0 Å². The van der Waals surface area contributed by atoms with Crippen LogP contribution < -0.4 is 0 Å². The first-order valence-electron chi connectivity index (χ1n) is 3.06. The van der Waals surface area contributed by atoms with Crippen molar-refractivity contribution >= 4 is 6.09 Å². The number of aliphatic hydroxyl groups is 1. The molecule has 5 nitrogen and oxygen atoms in total. The van der Waals surface area contributed by atoms with Crippen molar-refractivity contribution in [1.29, 1.82) is 0 Å². The van der Waals surface area contributed by atoms with Gasteiger partial charge in [0.1, 0.15) is 6.23 Å². The average Bonchev–Trinajstić information content (AvgIpc) is 2.34. The molecule has 0 radical (unpaired) electrons. The van der Waals surface area contributed by atoms with Gasteiger partial charge in [-0.2, -0.15) is 5.26 Å². The summed E-state index contributed by atoms with van der Waals surface area (Å²) in [7, 11) is 0. The average molecular weight is 147 g/mol. The number of amides is 1. The lowest BCUT2D eigenvalue weighted by atomic mass is 10.4. The predicted molar refractivity (Wildman–Crippen MR) is 31.1 cm³/mol. The molecule has 10 heavy (non-hydrogen) atoms. The Labute approximate surface area is 57.7 Å². The Balaban J connectivity index is 2.46. The second kappa shape index (κ2) is 2.85. The minimum atomic E-state index is -0.884. The molecule has 1 aliphatic heterocycles. The molecule has 0 aliphatic carbocycles. The van der Waals surface area contributed by atoms with Crippen molar-refractivity contribution in [2.24, 2.45) is 0 Å². The van der Waals surface area contributed by atoms with Crippen molar-refractivity contribution in [3.05, 3.63) is 0 Å². The first-order chi connectivity index (χ1) is 4.75. The number of hydrogen-bond acceptors (Lipinski definition) is 4. The van der Waals surface area contributed by atoms with Gasteiger partial charge in [0.25, 0.3) is 0 Å². The lowest BCUT2D eigenvalue weighted by molar-refractivity contribution is -0.193. The van der Waals surface area contributed by atoms with Crippen LogP contribution in [0.1, 0.15) is 12.8 Å². The van der Waals surface area contributed by atoms with Gasteiger partial charge in [0.15, 0.2) is 0 Å². The van der Waals surface area contributed by atoms with Crippen LogP contribution in [0.3, 0.4) is 0 Å². The van der Waals surface area contributed by atoms with Crippen LogP contribution in [0, 0.1) is 0 Å². The summed E-state index contributed by atoms with van der Waals surface area (Å²) in [5.74, 6) is 0. The zero-order valence-corrected chi connectivity index (χ0v) is 5.36. The molecule has 1 rings (SSSR count). The van der Waals surface area contributed by atoms with Crippen LogP contribution in [-0.2, 0) is 4.89 Å². The van der Waals surface area contributed by atoms with E-state index in [1.165, 1.54) is 0 Å². The molecule has 0 aromatic heterocycles. The number of likely N-dealkylation sites (tertiary alicyclic amines) is 1. The molecule has 1 saturated heterocycles. The molecular weight excluding hydrogens is 138 g/mol. The number of nitrogens with zero attached hydrogens (tertiary/aromatic N) is 1. The van der Waals surface area contributed by atoms with Gasteiger partial charge in [0, 0.05) is 6.54 Å². The van der Waals surface area contributed by atoms with Gasteiger partial charge in [-0.1, -0.05) is 0 Å². The van der Waals surface area contributed by atoms with Gasteiger partial charge in [0.05, 0.1) is 0 Å². The van der Waals surface area contributed by atoms with Crippen LogP contribution in [0.5, 0.6) is 0 Å². The highest BCUT2D eigenvalue weighted by Crippen LogP contribution is 2.14. The van der Waals surface area contributed by atoms with Gasteiger partial charge in [-0.25, -0.2) is 4.79 Å². The number of hydrogen-bond donors (Lipinski definition) is 2. The SMILES string of the molecule is O=C(OO)N1CCCC1O. The Morgan fingerprint density at radius 1 is 1.70 bits per heavy atom. The van der Waals surface area contributed by atoms with Gasteiger partial charge < -0.3 is 5.11 Å². The number of carbonyl (C=O) groups excluding carboxylic acids is 1. The Kier molecular flexibility index (Phi) is 2.08. The molecule has 0 bridgehead atoms. The maximum atomic E-state index is 10.5. The maximum Gasteiger partial charge on any atom is 0.443 e. The highest BCUT2D eigenvalue weighted by atomic mass is 17.1. The fraction of sp³-hybridized carbons (Fsp3) is 0.800. The van der Waals surface area contributed by atoms with Gasteiger partial charge in [0.2, 0.25) is 0 Å². The Hall–Kier alpha value is -0.810. The highest BCUT2D eigenvalue weighted by molar-refractivity contribution is 5.67. The lowest BCUT2D eigenvalue weighted by Crippen LogP contribution is -2.35. The minimum absolute atomic E-state index is 0.445. The summed E-state index contributed by atoms with van der Waals surface area (Å²) in [5, 5.41) is 16.9. The molecule has 1 unspecified atom stereocenters. The largest absolute Gasteiger partial charge is 0.443 e. The molecular formula is C5H9NO4. The van der Waals surface area contributed by atoms with Crippen LogP contribution >= 0.6 is 0 Å². The van der Waals surface area contributed by atoms with E-state index in [-0.39, 0.29) is 0 Å². The molecule has 0 aromatic carbocycles. The van der Waals surface area contributed by atoms with E-state index in [1.807, 2.05) is 0 Å².